The number of nitrogens with one attached hydrogen (secondary N) is 2. The van der Waals surface area contributed by atoms with E-state index in [0.717, 1.165) is 38.4 Å². The number of carbonyl (C=O) groups excluding carboxylic acids is 2. The van der Waals surface area contributed by atoms with Crippen LogP contribution < -0.4 is 14.8 Å². The first-order valence-corrected chi connectivity index (χ1v) is 10.3. The molecule has 1 fully saturated rings. The molecule has 0 spiro atoms. The molecule has 1 aliphatic rings. The van der Waals surface area contributed by atoms with Gasteiger partial charge in [-0.3, -0.25) is 9.52 Å². The van der Waals surface area contributed by atoms with Crippen LogP contribution in [0.4, 0.5) is 11.4 Å². The Kier molecular flexibility index (Phi) is 6.47. The molecule has 2 rings (SSSR count). The molecule has 1 saturated carbocycles. The monoisotopic (exact) mass is 384 g/mol. The van der Waals surface area contributed by atoms with Crippen molar-refractivity contribution in [2.75, 3.05) is 23.4 Å². The van der Waals surface area contributed by atoms with Gasteiger partial charge in [0.1, 0.15) is 0 Å². The molecule has 8 nitrogen and oxygen atoms in total. The number of hydrogen-bond acceptors (Lipinski definition) is 6. The number of amides is 1. The maximum atomic E-state index is 11.9. The molecule has 2 N–H and O–H groups in total. The third kappa shape index (κ3) is 5.62. The predicted molar refractivity (Wildman–Crippen MR) is 98.1 cm³/mol. The summed E-state index contributed by atoms with van der Waals surface area (Å²) in [5.41, 5.74) is 0.403. The van der Waals surface area contributed by atoms with E-state index in [2.05, 4.69) is 10.0 Å². The molecule has 9 heteroatoms. The van der Waals surface area contributed by atoms with Crippen LogP contribution in [0.25, 0.3) is 0 Å². The van der Waals surface area contributed by atoms with Crippen LogP contribution in [0.3, 0.4) is 0 Å². The second-order valence-electron chi connectivity index (χ2n) is 6.33. The Morgan fingerprint density at radius 1 is 1.12 bits per heavy atom. The van der Waals surface area contributed by atoms with Gasteiger partial charge < -0.3 is 14.8 Å². The zero-order valence-corrected chi connectivity index (χ0v) is 15.9. The summed E-state index contributed by atoms with van der Waals surface area (Å²) in [7, 11) is -2.41. The second-order valence-corrected chi connectivity index (χ2v) is 8.07. The summed E-state index contributed by atoms with van der Waals surface area (Å²) in [6, 6.07) is 2.76. The van der Waals surface area contributed by atoms with E-state index < -0.39 is 16.0 Å². The normalized spacial score (nSPS) is 15.2. The number of sulfonamides is 1. The maximum Gasteiger partial charge on any atom is 0.338 e. The molecule has 0 aromatic heterocycles. The van der Waals surface area contributed by atoms with E-state index in [-0.39, 0.29) is 34.7 Å². The lowest BCUT2D eigenvalue weighted by Crippen LogP contribution is -2.22. The van der Waals surface area contributed by atoms with Crippen LogP contribution in [0.15, 0.2) is 12.1 Å². The molecule has 0 radical (unpaired) electrons. The molecular formula is C17H24N2O6S. The van der Waals surface area contributed by atoms with Crippen molar-refractivity contribution in [3.05, 3.63) is 17.7 Å². The fourth-order valence-corrected chi connectivity index (χ4v) is 3.45. The summed E-state index contributed by atoms with van der Waals surface area (Å²) in [6.07, 6.45) is 5.78. The molecular weight excluding hydrogens is 360 g/mol. The van der Waals surface area contributed by atoms with Gasteiger partial charge in [-0.1, -0.05) is 6.42 Å². The average Bonchev–Trinajstić information content (AvgIpc) is 2.55. The van der Waals surface area contributed by atoms with Crippen molar-refractivity contribution >= 4 is 33.3 Å². The van der Waals surface area contributed by atoms with Gasteiger partial charge in [0.2, 0.25) is 15.9 Å². The number of benzene rings is 1. The molecule has 144 valence electrons. The van der Waals surface area contributed by atoms with Crippen molar-refractivity contribution in [2.45, 2.75) is 45.1 Å². The van der Waals surface area contributed by atoms with Gasteiger partial charge in [0.25, 0.3) is 0 Å². The number of hydrogen-bond donors (Lipinski definition) is 2. The minimum atomic E-state index is -3.63. The van der Waals surface area contributed by atoms with Crippen molar-refractivity contribution in [1.82, 2.24) is 0 Å². The van der Waals surface area contributed by atoms with E-state index in [1.165, 1.54) is 26.2 Å². The minimum Gasteiger partial charge on any atom is -0.486 e. The Morgan fingerprint density at radius 3 is 2.27 bits per heavy atom. The molecule has 0 atom stereocenters. The zero-order valence-electron chi connectivity index (χ0n) is 15.1. The number of rotatable bonds is 6. The van der Waals surface area contributed by atoms with Gasteiger partial charge in [-0.2, -0.15) is 0 Å². The minimum absolute atomic E-state index is 0.0830. The standard InChI is InChI=1S/C17H24N2O6S/c1-11(20)18-14-9-12(17(21)24-2)10-15(19-26(3,22)23)16(14)25-13-7-5-4-6-8-13/h9-10,13,19H,4-8H2,1-3H3,(H,18,20). The van der Waals surface area contributed by atoms with Crippen molar-refractivity contribution in [3.63, 3.8) is 0 Å². The largest absolute Gasteiger partial charge is 0.486 e. The number of ether oxygens (including phenoxy) is 2. The lowest BCUT2D eigenvalue weighted by molar-refractivity contribution is -0.114. The Labute approximate surface area is 153 Å². The van der Waals surface area contributed by atoms with Crippen molar-refractivity contribution < 1.29 is 27.5 Å². The van der Waals surface area contributed by atoms with Crippen LogP contribution in [0.5, 0.6) is 5.75 Å². The molecule has 0 bridgehead atoms. The van der Waals surface area contributed by atoms with Gasteiger partial charge in [0.15, 0.2) is 5.75 Å². The molecule has 0 aliphatic heterocycles. The summed E-state index contributed by atoms with van der Waals surface area (Å²) in [6.45, 7) is 1.32. The van der Waals surface area contributed by atoms with Crippen LogP contribution in [0.2, 0.25) is 0 Å². The van der Waals surface area contributed by atoms with E-state index in [1.807, 2.05) is 0 Å². The zero-order chi connectivity index (χ0) is 19.3. The highest BCUT2D eigenvalue weighted by Gasteiger charge is 2.23. The van der Waals surface area contributed by atoms with Crippen LogP contribution >= 0.6 is 0 Å². The van der Waals surface area contributed by atoms with Crippen LogP contribution in [-0.4, -0.2) is 39.8 Å². The Balaban J connectivity index is 2.53. The highest BCUT2D eigenvalue weighted by Crippen LogP contribution is 2.38. The van der Waals surface area contributed by atoms with Crippen molar-refractivity contribution in [3.8, 4) is 5.75 Å². The first-order valence-electron chi connectivity index (χ1n) is 8.38. The molecule has 1 aliphatic carbocycles. The van der Waals surface area contributed by atoms with Crippen molar-refractivity contribution in [1.29, 1.82) is 0 Å². The summed E-state index contributed by atoms with van der Waals surface area (Å²) >= 11 is 0. The molecule has 0 saturated heterocycles. The summed E-state index contributed by atoms with van der Waals surface area (Å²) in [4.78, 5) is 23.5. The third-order valence-corrected chi connectivity index (χ3v) is 4.54. The Bertz CT molecular complexity index is 785. The lowest BCUT2D eigenvalue weighted by Gasteiger charge is -2.26. The first-order chi connectivity index (χ1) is 12.2. The lowest BCUT2D eigenvalue weighted by atomic mass is 9.97. The summed E-state index contributed by atoms with van der Waals surface area (Å²) < 4.78 is 36.6. The molecule has 0 unspecified atom stereocenters. The molecule has 0 heterocycles. The average molecular weight is 384 g/mol. The van der Waals surface area contributed by atoms with Gasteiger partial charge >= 0.3 is 5.97 Å². The quantitative estimate of drug-likeness (QED) is 0.729. The number of methoxy groups -OCH3 is 1. The van der Waals surface area contributed by atoms with E-state index in [9.17, 15) is 18.0 Å². The van der Waals surface area contributed by atoms with Gasteiger partial charge in [-0.25, -0.2) is 13.2 Å². The summed E-state index contributed by atoms with van der Waals surface area (Å²) in [5.74, 6) is -0.826. The Hall–Kier alpha value is -2.29. The van der Waals surface area contributed by atoms with E-state index in [1.54, 1.807) is 0 Å². The van der Waals surface area contributed by atoms with Gasteiger partial charge in [0, 0.05) is 6.92 Å². The fourth-order valence-electron chi connectivity index (χ4n) is 2.90. The number of esters is 1. The third-order valence-electron chi connectivity index (χ3n) is 3.95. The molecule has 1 aromatic rings. The predicted octanol–water partition coefficient (Wildman–Crippen LogP) is 2.51. The van der Waals surface area contributed by atoms with Crippen LogP contribution in [0, 0.1) is 0 Å². The smallest absolute Gasteiger partial charge is 0.338 e. The first kappa shape index (κ1) is 20.0. The maximum absolute atomic E-state index is 11.9. The number of carbonyl (C=O) groups is 2. The highest BCUT2D eigenvalue weighted by molar-refractivity contribution is 7.92. The number of anilines is 2. The van der Waals surface area contributed by atoms with E-state index in [0.29, 0.717) is 0 Å². The van der Waals surface area contributed by atoms with Gasteiger partial charge in [-0.05, 0) is 37.8 Å². The Morgan fingerprint density at radius 2 is 1.73 bits per heavy atom. The van der Waals surface area contributed by atoms with Gasteiger partial charge in [-0.15, -0.1) is 0 Å². The second kappa shape index (κ2) is 8.39. The van der Waals surface area contributed by atoms with E-state index >= 15 is 0 Å². The fraction of sp³-hybridized carbons (Fsp3) is 0.529. The molecule has 1 amide bonds. The highest BCUT2D eigenvalue weighted by atomic mass is 32.2. The summed E-state index contributed by atoms with van der Waals surface area (Å²) in [5, 5.41) is 2.60. The van der Waals surface area contributed by atoms with Crippen molar-refractivity contribution in [2.24, 2.45) is 0 Å². The van der Waals surface area contributed by atoms with Crippen LogP contribution in [-0.2, 0) is 19.6 Å². The SMILES string of the molecule is COC(=O)c1cc(NC(C)=O)c(OC2CCCCC2)c(NS(C)(=O)=O)c1. The van der Waals surface area contributed by atoms with Gasteiger partial charge in [0.05, 0.1) is 36.4 Å². The van der Waals surface area contributed by atoms with Crippen LogP contribution in [0.1, 0.15) is 49.4 Å². The topological polar surface area (TPSA) is 111 Å². The molecule has 26 heavy (non-hydrogen) atoms. The molecule has 1 aromatic carbocycles. The van der Waals surface area contributed by atoms with E-state index in [4.69, 9.17) is 9.47 Å².